The molecule has 0 aromatic heterocycles. The molecule has 3 aromatic carbocycles. The number of halogens is 1. The van der Waals surface area contributed by atoms with Gasteiger partial charge >= 0.3 is 0 Å². The van der Waals surface area contributed by atoms with Gasteiger partial charge in [0.05, 0.1) is 23.7 Å². The second kappa shape index (κ2) is 10.5. The topological polar surface area (TPSA) is 75.7 Å². The first-order valence-electron chi connectivity index (χ1n) is 10.1. The third-order valence-corrected chi connectivity index (χ3v) is 7.03. The number of sulfonamides is 1. The Balaban J connectivity index is 1.90. The molecule has 0 saturated carbocycles. The van der Waals surface area contributed by atoms with Crippen LogP contribution in [0.2, 0.25) is 5.02 Å². The number of anilines is 1. The summed E-state index contributed by atoms with van der Waals surface area (Å²) in [5.74, 6) is 0.126. The van der Waals surface area contributed by atoms with E-state index in [2.05, 4.69) is 5.32 Å². The molecule has 3 rings (SSSR count). The van der Waals surface area contributed by atoms with Crippen LogP contribution >= 0.6 is 11.6 Å². The van der Waals surface area contributed by atoms with Crippen molar-refractivity contribution in [2.24, 2.45) is 0 Å². The van der Waals surface area contributed by atoms with E-state index in [1.807, 2.05) is 37.3 Å². The zero-order valence-electron chi connectivity index (χ0n) is 17.9. The van der Waals surface area contributed by atoms with Gasteiger partial charge in [0.2, 0.25) is 5.91 Å². The predicted molar refractivity (Wildman–Crippen MR) is 127 cm³/mol. The number of hydrogen-bond donors (Lipinski definition) is 1. The van der Waals surface area contributed by atoms with Crippen LogP contribution in [0.25, 0.3) is 0 Å². The molecule has 0 aliphatic rings. The highest BCUT2D eigenvalue weighted by Gasteiger charge is 2.28. The van der Waals surface area contributed by atoms with Crippen molar-refractivity contribution in [3.8, 4) is 5.75 Å². The van der Waals surface area contributed by atoms with Crippen LogP contribution in [0, 0.1) is 0 Å². The molecule has 1 N–H and O–H groups in total. The highest BCUT2D eigenvalue weighted by atomic mass is 35.5. The lowest BCUT2D eigenvalue weighted by molar-refractivity contribution is -0.120. The zero-order valence-corrected chi connectivity index (χ0v) is 19.4. The van der Waals surface area contributed by atoms with Crippen molar-refractivity contribution in [2.75, 3.05) is 18.0 Å². The predicted octanol–water partition coefficient (Wildman–Crippen LogP) is 4.81. The molecular formula is C24H25ClN2O4S. The summed E-state index contributed by atoms with van der Waals surface area (Å²) in [5, 5.41) is 3.41. The molecular weight excluding hydrogens is 448 g/mol. The van der Waals surface area contributed by atoms with E-state index in [0.717, 1.165) is 9.87 Å². The quantitative estimate of drug-likeness (QED) is 0.484. The molecule has 3 aromatic rings. The Hall–Kier alpha value is -3.03. The number of carbonyl (C=O) groups is 1. The summed E-state index contributed by atoms with van der Waals surface area (Å²) in [6, 6.07) is 21.7. The minimum atomic E-state index is -4.02. The molecule has 1 amide bonds. The fourth-order valence-electron chi connectivity index (χ4n) is 3.27. The standard InChI is InChI=1S/C24H25ClN2O4S/c1-3-23(18-7-5-4-6-8-18)26-24(28)17-27(20-11-9-19(25)10-12-20)32(29,30)22-15-13-21(31-2)14-16-22/h4-16,23H,3,17H2,1-2H3,(H,26,28)/t23-/m1/s1. The van der Waals surface area contributed by atoms with Crippen molar-refractivity contribution in [1.82, 2.24) is 5.32 Å². The summed E-state index contributed by atoms with van der Waals surface area (Å²) in [7, 11) is -2.52. The van der Waals surface area contributed by atoms with Crippen molar-refractivity contribution >= 4 is 33.2 Å². The molecule has 0 fully saturated rings. The van der Waals surface area contributed by atoms with Crippen LogP contribution in [0.4, 0.5) is 5.69 Å². The van der Waals surface area contributed by atoms with Crippen LogP contribution in [0.1, 0.15) is 24.9 Å². The number of nitrogens with one attached hydrogen (secondary N) is 1. The molecule has 0 radical (unpaired) electrons. The number of amides is 1. The number of methoxy groups -OCH3 is 1. The van der Waals surface area contributed by atoms with Crippen molar-refractivity contribution in [2.45, 2.75) is 24.3 Å². The van der Waals surface area contributed by atoms with Gasteiger partial charge in [-0.15, -0.1) is 0 Å². The Morgan fingerprint density at radius 1 is 1.00 bits per heavy atom. The van der Waals surface area contributed by atoms with E-state index >= 15 is 0 Å². The number of benzene rings is 3. The normalized spacial score (nSPS) is 12.1. The van der Waals surface area contributed by atoms with Crippen molar-refractivity contribution < 1.29 is 17.9 Å². The summed E-state index contributed by atoms with van der Waals surface area (Å²) < 4.78 is 33.1. The van der Waals surface area contributed by atoms with Gasteiger partial charge in [0.1, 0.15) is 12.3 Å². The van der Waals surface area contributed by atoms with Gasteiger partial charge < -0.3 is 10.1 Å². The highest BCUT2D eigenvalue weighted by molar-refractivity contribution is 7.92. The van der Waals surface area contributed by atoms with Gasteiger partial charge in [0.15, 0.2) is 0 Å². The number of carbonyl (C=O) groups excluding carboxylic acids is 1. The van der Waals surface area contributed by atoms with Gasteiger partial charge in [0, 0.05) is 5.02 Å². The molecule has 0 bridgehead atoms. The Labute approximate surface area is 193 Å². The third-order valence-electron chi connectivity index (χ3n) is 4.99. The van der Waals surface area contributed by atoms with Crippen LogP contribution in [0.5, 0.6) is 5.75 Å². The van der Waals surface area contributed by atoms with E-state index in [1.165, 1.54) is 19.2 Å². The average molecular weight is 473 g/mol. The molecule has 6 nitrogen and oxygen atoms in total. The van der Waals surface area contributed by atoms with E-state index in [-0.39, 0.29) is 17.5 Å². The average Bonchev–Trinajstić information content (AvgIpc) is 2.82. The minimum Gasteiger partial charge on any atom is -0.497 e. The van der Waals surface area contributed by atoms with Gasteiger partial charge in [0.25, 0.3) is 10.0 Å². The second-order valence-electron chi connectivity index (χ2n) is 7.10. The summed E-state index contributed by atoms with van der Waals surface area (Å²) >= 11 is 5.98. The Kier molecular flexibility index (Phi) is 7.77. The zero-order chi connectivity index (χ0) is 23.1. The maximum atomic E-state index is 13.5. The summed E-state index contributed by atoms with van der Waals surface area (Å²) in [5.41, 5.74) is 1.30. The summed E-state index contributed by atoms with van der Waals surface area (Å²) in [6.07, 6.45) is 0.669. The summed E-state index contributed by atoms with van der Waals surface area (Å²) in [6.45, 7) is 1.59. The lowest BCUT2D eigenvalue weighted by atomic mass is 10.0. The first-order chi connectivity index (χ1) is 15.3. The van der Waals surface area contributed by atoms with Crippen LogP contribution in [0.3, 0.4) is 0 Å². The Morgan fingerprint density at radius 2 is 1.62 bits per heavy atom. The molecule has 1 atom stereocenters. The summed E-state index contributed by atoms with van der Waals surface area (Å²) in [4.78, 5) is 13.0. The Morgan fingerprint density at radius 3 is 2.19 bits per heavy atom. The fourth-order valence-corrected chi connectivity index (χ4v) is 4.82. The second-order valence-corrected chi connectivity index (χ2v) is 9.40. The van der Waals surface area contributed by atoms with Crippen molar-refractivity contribution in [1.29, 1.82) is 0 Å². The van der Waals surface area contributed by atoms with E-state index in [1.54, 1.807) is 36.4 Å². The number of rotatable bonds is 9. The monoisotopic (exact) mass is 472 g/mol. The maximum absolute atomic E-state index is 13.5. The number of nitrogens with zero attached hydrogens (tertiary/aromatic N) is 1. The van der Waals surface area contributed by atoms with Gasteiger partial charge in [-0.25, -0.2) is 8.42 Å². The van der Waals surface area contributed by atoms with Gasteiger partial charge in [-0.05, 0) is 60.5 Å². The van der Waals surface area contributed by atoms with Crippen LogP contribution in [0.15, 0.2) is 83.8 Å². The maximum Gasteiger partial charge on any atom is 0.264 e. The molecule has 32 heavy (non-hydrogen) atoms. The molecule has 168 valence electrons. The molecule has 0 saturated heterocycles. The molecule has 0 spiro atoms. The van der Waals surface area contributed by atoms with Gasteiger partial charge in [-0.2, -0.15) is 0 Å². The number of hydrogen-bond acceptors (Lipinski definition) is 4. The largest absolute Gasteiger partial charge is 0.497 e. The van der Waals surface area contributed by atoms with Crippen LogP contribution in [-0.2, 0) is 14.8 Å². The SMILES string of the molecule is CC[C@@H](NC(=O)CN(c1ccc(Cl)cc1)S(=O)(=O)c1ccc(OC)cc1)c1ccccc1. The lowest BCUT2D eigenvalue weighted by Gasteiger charge is -2.26. The lowest BCUT2D eigenvalue weighted by Crippen LogP contribution is -2.42. The van der Waals surface area contributed by atoms with E-state index in [9.17, 15) is 13.2 Å². The highest BCUT2D eigenvalue weighted by Crippen LogP contribution is 2.26. The van der Waals surface area contributed by atoms with Gasteiger partial charge in [-0.1, -0.05) is 48.9 Å². The van der Waals surface area contributed by atoms with Crippen molar-refractivity contribution in [3.63, 3.8) is 0 Å². The minimum absolute atomic E-state index is 0.0520. The van der Waals surface area contributed by atoms with Crippen LogP contribution in [-0.4, -0.2) is 28.0 Å². The first-order valence-corrected chi connectivity index (χ1v) is 11.9. The smallest absolute Gasteiger partial charge is 0.264 e. The molecule has 0 heterocycles. The van der Waals surface area contributed by atoms with E-state index in [4.69, 9.17) is 16.3 Å². The Bertz CT molecular complexity index is 1130. The number of ether oxygens (including phenoxy) is 1. The molecule has 0 aliphatic heterocycles. The molecule has 0 unspecified atom stereocenters. The van der Waals surface area contributed by atoms with Gasteiger partial charge in [-0.3, -0.25) is 9.10 Å². The first kappa shape index (κ1) is 23.6. The van der Waals surface area contributed by atoms with Crippen LogP contribution < -0.4 is 14.4 Å². The fraction of sp³-hybridized carbons (Fsp3) is 0.208. The van der Waals surface area contributed by atoms with E-state index < -0.39 is 15.9 Å². The van der Waals surface area contributed by atoms with E-state index in [0.29, 0.717) is 22.9 Å². The molecule has 0 aliphatic carbocycles. The van der Waals surface area contributed by atoms with Crippen molar-refractivity contribution in [3.05, 3.63) is 89.4 Å². The molecule has 8 heteroatoms. The third kappa shape index (κ3) is 5.60.